The molecule has 1 unspecified atom stereocenters. The molecule has 1 fully saturated rings. The molecule has 1 atom stereocenters. The number of benzene rings is 1. The minimum absolute atomic E-state index is 0.0731. The molecule has 0 saturated carbocycles. The molecule has 8 heteroatoms. The first-order chi connectivity index (χ1) is 8.96. The van der Waals surface area contributed by atoms with Gasteiger partial charge in [0.1, 0.15) is 0 Å². The van der Waals surface area contributed by atoms with Crippen molar-refractivity contribution < 1.29 is 13.6 Å². The second-order valence-corrected chi connectivity index (χ2v) is 7.06. The molecule has 6 nitrogen and oxygen atoms in total. The number of rotatable bonds is 3. The first kappa shape index (κ1) is 14.3. The van der Waals surface area contributed by atoms with Crippen LogP contribution in [0.25, 0.3) is 0 Å². The molecule has 2 rings (SSSR count). The van der Waals surface area contributed by atoms with Gasteiger partial charge in [0, 0.05) is 11.0 Å². The zero-order chi connectivity index (χ0) is 14.0. The highest BCUT2D eigenvalue weighted by Gasteiger charge is 2.37. The largest absolute Gasteiger partial charge is 0.409 e. The molecule has 1 heterocycles. The summed E-state index contributed by atoms with van der Waals surface area (Å²) in [4.78, 5) is 0.194. The van der Waals surface area contributed by atoms with Crippen molar-refractivity contribution >= 4 is 31.8 Å². The van der Waals surface area contributed by atoms with E-state index in [2.05, 4.69) is 21.1 Å². The summed E-state index contributed by atoms with van der Waals surface area (Å²) in [6, 6.07) is 5.91. The van der Waals surface area contributed by atoms with Crippen LogP contribution in [0.1, 0.15) is 12.8 Å². The summed E-state index contributed by atoms with van der Waals surface area (Å²) in [6.45, 7) is 0.371. The second-order valence-electron chi connectivity index (χ2n) is 4.26. The molecule has 0 aromatic heterocycles. The number of halogens is 1. The highest BCUT2D eigenvalue weighted by molar-refractivity contribution is 9.10. The Hall–Kier alpha value is -1.12. The lowest BCUT2D eigenvalue weighted by Gasteiger charge is -2.23. The summed E-state index contributed by atoms with van der Waals surface area (Å²) in [5, 5.41) is 11.7. The molecule has 0 radical (unpaired) electrons. The molecule has 0 amide bonds. The van der Waals surface area contributed by atoms with E-state index in [0.717, 1.165) is 0 Å². The molecule has 1 saturated heterocycles. The van der Waals surface area contributed by atoms with Crippen molar-refractivity contribution in [1.29, 1.82) is 0 Å². The van der Waals surface area contributed by atoms with Gasteiger partial charge in [-0.3, -0.25) is 0 Å². The average molecular weight is 348 g/mol. The highest BCUT2D eigenvalue weighted by Crippen LogP contribution is 2.27. The van der Waals surface area contributed by atoms with Gasteiger partial charge < -0.3 is 10.9 Å². The molecule has 3 N–H and O–H groups in total. The molecule has 1 aromatic rings. The average Bonchev–Trinajstić information content (AvgIpc) is 2.87. The SMILES string of the molecule is NC(=NO)C1CCCN1S(=O)(=O)c1cccc(Br)c1. The molecular formula is C11H14BrN3O3S. The predicted octanol–water partition coefficient (Wildman–Crippen LogP) is 1.35. The molecule has 104 valence electrons. The van der Waals surface area contributed by atoms with Crippen LogP contribution >= 0.6 is 15.9 Å². The zero-order valence-corrected chi connectivity index (χ0v) is 12.4. The van der Waals surface area contributed by atoms with Gasteiger partial charge >= 0.3 is 0 Å². The van der Waals surface area contributed by atoms with E-state index in [0.29, 0.717) is 23.9 Å². The third-order valence-electron chi connectivity index (χ3n) is 3.06. The normalized spacial score (nSPS) is 21.7. The quantitative estimate of drug-likeness (QED) is 0.373. The molecule has 0 aliphatic carbocycles. The minimum Gasteiger partial charge on any atom is -0.409 e. The van der Waals surface area contributed by atoms with Crippen molar-refractivity contribution in [3.8, 4) is 0 Å². The smallest absolute Gasteiger partial charge is 0.243 e. The Morgan fingerprint density at radius 2 is 2.26 bits per heavy atom. The molecule has 1 aliphatic heterocycles. The van der Waals surface area contributed by atoms with E-state index in [4.69, 9.17) is 10.9 Å². The Bertz CT molecular complexity index is 603. The van der Waals surface area contributed by atoms with Gasteiger partial charge in [-0.15, -0.1) is 0 Å². The fourth-order valence-electron chi connectivity index (χ4n) is 2.15. The monoisotopic (exact) mass is 347 g/mol. The number of amidine groups is 1. The van der Waals surface area contributed by atoms with Crippen LogP contribution < -0.4 is 5.73 Å². The Morgan fingerprint density at radius 1 is 1.53 bits per heavy atom. The number of nitrogens with two attached hydrogens (primary N) is 1. The second kappa shape index (κ2) is 5.48. The van der Waals surface area contributed by atoms with Gasteiger partial charge in [0.25, 0.3) is 0 Å². The van der Waals surface area contributed by atoms with Crippen molar-refractivity contribution in [2.75, 3.05) is 6.54 Å². The van der Waals surface area contributed by atoms with E-state index >= 15 is 0 Å². The Kier molecular flexibility index (Phi) is 4.12. The van der Waals surface area contributed by atoms with Gasteiger partial charge in [-0.25, -0.2) is 8.42 Å². The highest BCUT2D eigenvalue weighted by atomic mass is 79.9. The van der Waals surface area contributed by atoms with Crippen molar-refractivity contribution in [1.82, 2.24) is 4.31 Å². The van der Waals surface area contributed by atoms with E-state index < -0.39 is 16.1 Å². The van der Waals surface area contributed by atoms with E-state index in [1.165, 1.54) is 16.4 Å². The minimum atomic E-state index is -3.63. The standard InChI is InChI=1S/C11H14BrN3O3S/c12-8-3-1-4-9(7-8)19(17,18)15-6-2-5-10(15)11(13)14-16/h1,3-4,7,10,16H,2,5-6H2,(H2,13,14). The van der Waals surface area contributed by atoms with Crippen molar-refractivity contribution in [2.24, 2.45) is 10.9 Å². The van der Waals surface area contributed by atoms with Crippen LogP contribution in [0.4, 0.5) is 0 Å². The fraction of sp³-hybridized carbons (Fsp3) is 0.364. The summed E-state index contributed by atoms with van der Waals surface area (Å²) >= 11 is 3.25. The van der Waals surface area contributed by atoms with Crippen molar-refractivity contribution in [3.05, 3.63) is 28.7 Å². The van der Waals surface area contributed by atoms with Crippen LogP contribution in [0.2, 0.25) is 0 Å². The number of hydrogen-bond acceptors (Lipinski definition) is 4. The van der Waals surface area contributed by atoms with E-state index in [-0.39, 0.29) is 10.7 Å². The lowest BCUT2D eigenvalue weighted by molar-refractivity contribution is 0.311. The molecule has 1 aromatic carbocycles. The molecule has 0 bridgehead atoms. The first-order valence-electron chi connectivity index (χ1n) is 5.71. The van der Waals surface area contributed by atoms with Gasteiger partial charge in [-0.05, 0) is 31.0 Å². The summed E-state index contributed by atoms with van der Waals surface area (Å²) in [5.74, 6) is -0.0731. The van der Waals surface area contributed by atoms with Gasteiger partial charge in [0.15, 0.2) is 5.84 Å². The number of oxime groups is 1. The van der Waals surface area contributed by atoms with Gasteiger partial charge in [0.05, 0.1) is 10.9 Å². The zero-order valence-electron chi connectivity index (χ0n) is 10.0. The molecular weight excluding hydrogens is 334 g/mol. The lowest BCUT2D eigenvalue weighted by Crippen LogP contribution is -2.43. The predicted molar refractivity (Wildman–Crippen MR) is 74.5 cm³/mol. The number of sulfonamides is 1. The van der Waals surface area contributed by atoms with Crippen LogP contribution in [0, 0.1) is 0 Å². The summed E-state index contributed by atoms with van der Waals surface area (Å²) in [5.41, 5.74) is 5.56. The van der Waals surface area contributed by atoms with Crippen LogP contribution in [0.15, 0.2) is 38.8 Å². The molecule has 1 aliphatic rings. The Balaban J connectivity index is 2.39. The number of nitrogens with zero attached hydrogens (tertiary/aromatic N) is 2. The summed E-state index contributed by atoms with van der Waals surface area (Å²) in [7, 11) is -3.63. The fourth-order valence-corrected chi connectivity index (χ4v) is 4.42. The summed E-state index contributed by atoms with van der Waals surface area (Å²) < 4.78 is 27.0. The maximum Gasteiger partial charge on any atom is 0.243 e. The van der Waals surface area contributed by atoms with E-state index in [1.54, 1.807) is 12.1 Å². The van der Waals surface area contributed by atoms with Crippen molar-refractivity contribution in [3.63, 3.8) is 0 Å². The van der Waals surface area contributed by atoms with Crippen LogP contribution in [0.3, 0.4) is 0 Å². The van der Waals surface area contributed by atoms with Gasteiger partial charge in [-0.1, -0.05) is 27.2 Å². The van der Waals surface area contributed by atoms with Crippen LogP contribution in [0.5, 0.6) is 0 Å². The maximum atomic E-state index is 12.5. The molecule has 0 spiro atoms. The Morgan fingerprint density at radius 3 is 2.89 bits per heavy atom. The maximum absolute atomic E-state index is 12.5. The van der Waals surface area contributed by atoms with Crippen molar-refractivity contribution in [2.45, 2.75) is 23.8 Å². The first-order valence-corrected chi connectivity index (χ1v) is 7.95. The lowest BCUT2D eigenvalue weighted by atomic mass is 10.2. The van der Waals surface area contributed by atoms with Crippen LogP contribution in [-0.4, -0.2) is 36.4 Å². The number of hydrogen-bond donors (Lipinski definition) is 2. The van der Waals surface area contributed by atoms with Crippen LogP contribution in [-0.2, 0) is 10.0 Å². The third kappa shape index (κ3) is 2.75. The summed E-state index contributed by atoms with van der Waals surface area (Å²) in [6.07, 6.45) is 1.25. The Labute approximate surface area is 120 Å². The van der Waals surface area contributed by atoms with Gasteiger partial charge in [0.2, 0.25) is 10.0 Å². The topological polar surface area (TPSA) is 96.0 Å². The third-order valence-corrected chi connectivity index (χ3v) is 5.46. The van der Waals surface area contributed by atoms with Gasteiger partial charge in [-0.2, -0.15) is 4.31 Å². The van der Waals surface area contributed by atoms with E-state index in [1.807, 2.05) is 0 Å². The van der Waals surface area contributed by atoms with E-state index in [9.17, 15) is 8.42 Å². The molecule has 19 heavy (non-hydrogen) atoms.